The van der Waals surface area contributed by atoms with Gasteiger partial charge in [0.15, 0.2) is 10.8 Å². The second-order valence-electron chi connectivity index (χ2n) is 7.89. The molecule has 33 heavy (non-hydrogen) atoms. The van der Waals surface area contributed by atoms with Gasteiger partial charge in [-0.25, -0.2) is 9.97 Å². The lowest BCUT2D eigenvalue weighted by Crippen LogP contribution is -2.24. The number of hydrogen-bond donors (Lipinski definition) is 1. The number of benzene rings is 2. The Bertz CT molecular complexity index is 1410. The van der Waals surface area contributed by atoms with Crippen LogP contribution in [0.3, 0.4) is 0 Å². The van der Waals surface area contributed by atoms with E-state index in [1.165, 1.54) is 16.3 Å². The largest absolute Gasteiger partial charge is 0.325 e. The number of anilines is 1. The molecule has 2 aromatic carbocycles. The summed E-state index contributed by atoms with van der Waals surface area (Å²) in [6, 6.07) is 18.3. The van der Waals surface area contributed by atoms with Gasteiger partial charge >= 0.3 is 0 Å². The molecule has 0 saturated heterocycles. The molecule has 0 radical (unpaired) electrons. The Morgan fingerprint density at radius 1 is 1.03 bits per heavy atom. The predicted molar refractivity (Wildman–Crippen MR) is 133 cm³/mol. The Morgan fingerprint density at radius 3 is 2.67 bits per heavy atom. The quantitative estimate of drug-likeness (QED) is 0.322. The lowest BCUT2D eigenvalue weighted by atomic mass is 9.95. The molecule has 0 fully saturated rings. The van der Waals surface area contributed by atoms with Crippen LogP contribution in [0.15, 0.2) is 70.6 Å². The fraction of sp³-hybridized carbons (Fsp3) is 0.200. The molecule has 8 heteroatoms. The summed E-state index contributed by atoms with van der Waals surface area (Å²) < 4.78 is 1.52. The van der Waals surface area contributed by atoms with Gasteiger partial charge in [0, 0.05) is 16.4 Å². The Hall–Kier alpha value is -3.16. The summed E-state index contributed by atoms with van der Waals surface area (Å²) >= 11 is 7.41. The third-order valence-corrected chi connectivity index (χ3v) is 6.74. The smallest absolute Gasteiger partial charge is 0.268 e. The van der Waals surface area contributed by atoms with E-state index in [1.54, 1.807) is 24.3 Å². The zero-order chi connectivity index (χ0) is 22.8. The third-order valence-electron chi connectivity index (χ3n) is 5.56. The van der Waals surface area contributed by atoms with Crippen molar-refractivity contribution < 1.29 is 4.79 Å². The number of hydrogen-bond acceptors (Lipinski definition) is 5. The van der Waals surface area contributed by atoms with Gasteiger partial charge in [-0.1, -0.05) is 47.6 Å². The van der Waals surface area contributed by atoms with E-state index in [0.717, 1.165) is 42.6 Å². The van der Waals surface area contributed by atoms with Crippen LogP contribution in [0.5, 0.6) is 0 Å². The Labute approximate surface area is 200 Å². The van der Waals surface area contributed by atoms with E-state index >= 15 is 0 Å². The van der Waals surface area contributed by atoms with Gasteiger partial charge in [-0.3, -0.25) is 14.2 Å². The van der Waals surface area contributed by atoms with E-state index < -0.39 is 0 Å². The number of aromatic nitrogens is 3. The lowest BCUT2D eigenvalue weighted by Gasteiger charge is -2.17. The number of pyridine rings is 1. The zero-order valence-electron chi connectivity index (χ0n) is 17.8. The molecule has 1 aliphatic carbocycles. The second kappa shape index (κ2) is 9.37. The summed E-state index contributed by atoms with van der Waals surface area (Å²) in [6.07, 6.45) is 4.00. The van der Waals surface area contributed by atoms with Crippen molar-refractivity contribution in [3.05, 3.63) is 87.3 Å². The summed E-state index contributed by atoms with van der Waals surface area (Å²) in [5.41, 5.74) is 3.66. The van der Waals surface area contributed by atoms with Crippen molar-refractivity contribution in [2.24, 2.45) is 0 Å². The molecule has 1 N–H and O–H groups in total. The predicted octanol–water partition coefficient (Wildman–Crippen LogP) is 5.04. The van der Waals surface area contributed by atoms with Crippen LogP contribution >= 0.6 is 23.4 Å². The van der Waals surface area contributed by atoms with E-state index in [-0.39, 0.29) is 17.2 Å². The number of thioether (sulfide) groups is 1. The number of carbonyl (C=O) groups is 1. The molecule has 0 bridgehead atoms. The van der Waals surface area contributed by atoms with Gasteiger partial charge in [-0.15, -0.1) is 0 Å². The van der Waals surface area contributed by atoms with Crippen LogP contribution < -0.4 is 10.9 Å². The minimum Gasteiger partial charge on any atom is -0.325 e. The van der Waals surface area contributed by atoms with Crippen LogP contribution in [-0.4, -0.2) is 26.2 Å². The number of aryl methyl sites for hydroxylation is 2. The van der Waals surface area contributed by atoms with Crippen molar-refractivity contribution in [1.82, 2.24) is 14.5 Å². The minimum atomic E-state index is -0.214. The van der Waals surface area contributed by atoms with E-state index in [1.807, 2.05) is 36.4 Å². The van der Waals surface area contributed by atoms with Gasteiger partial charge in [0.05, 0.1) is 16.8 Å². The van der Waals surface area contributed by atoms with E-state index in [0.29, 0.717) is 26.9 Å². The molecular formula is C25H21ClN4O2S. The number of amides is 1. The molecule has 0 unspecified atom stereocenters. The molecule has 4 aromatic rings. The SMILES string of the molecule is O=C(CSc1nc2nc3c(cc2c(=O)n1-c1cccc(Cl)c1)CCCC3)Nc1ccccc1. The molecular weight excluding hydrogens is 456 g/mol. The van der Waals surface area contributed by atoms with Gasteiger partial charge in [0.25, 0.3) is 5.56 Å². The number of fused-ring (bicyclic) bond motifs is 2. The van der Waals surface area contributed by atoms with E-state index in [4.69, 9.17) is 21.6 Å². The summed E-state index contributed by atoms with van der Waals surface area (Å²) in [7, 11) is 0. The third kappa shape index (κ3) is 4.65. The molecule has 0 aliphatic heterocycles. The first kappa shape index (κ1) is 21.7. The highest BCUT2D eigenvalue weighted by Gasteiger charge is 2.19. The van der Waals surface area contributed by atoms with Gasteiger partial charge in [-0.05, 0) is 67.6 Å². The summed E-state index contributed by atoms with van der Waals surface area (Å²) in [5.74, 6) is -0.0881. The first-order valence-corrected chi connectivity index (χ1v) is 12.1. The second-order valence-corrected chi connectivity index (χ2v) is 9.27. The van der Waals surface area contributed by atoms with Crippen LogP contribution in [0.25, 0.3) is 16.7 Å². The Morgan fingerprint density at radius 2 is 1.85 bits per heavy atom. The topological polar surface area (TPSA) is 76.9 Å². The molecule has 0 spiro atoms. The maximum Gasteiger partial charge on any atom is 0.268 e. The molecule has 166 valence electrons. The molecule has 1 amide bonds. The fourth-order valence-electron chi connectivity index (χ4n) is 4.00. The number of nitrogens with one attached hydrogen (secondary N) is 1. The van der Waals surface area contributed by atoms with Crippen LogP contribution in [0.2, 0.25) is 5.02 Å². The maximum atomic E-state index is 13.6. The van der Waals surface area contributed by atoms with Crippen LogP contribution in [-0.2, 0) is 17.6 Å². The minimum absolute atomic E-state index is 0.0956. The number of para-hydroxylation sites is 1. The molecule has 2 aromatic heterocycles. The normalized spacial score (nSPS) is 13.0. The highest BCUT2D eigenvalue weighted by atomic mass is 35.5. The number of carbonyl (C=O) groups excluding carboxylic acids is 1. The average molecular weight is 477 g/mol. The first-order chi connectivity index (χ1) is 16.1. The average Bonchev–Trinajstić information content (AvgIpc) is 2.82. The van der Waals surface area contributed by atoms with Gasteiger partial charge in [-0.2, -0.15) is 0 Å². The van der Waals surface area contributed by atoms with E-state index in [9.17, 15) is 9.59 Å². The van der Waals surface area contributed by atoms with Crippen molar-refractivity contribution >= 4 is 46.0 Å². The van der Waals surface area contributed by atoms with Crippen molar-refractivity contribution in [1.29, 1.82) is 0 Å². The number of nitrogens with zero attached hydrogens (tertiary/aromatic N) is 3. The van der Waals surface area contributed by atoms with Crippen LogP contribution in [0.4, 0.5) is 5.69 Å². The van der Waals surface area contributed by atoms with Crippen molar-refractivity contribution in [3.63, 3.8) is 0 Å². The fourth-order valence-corrected chi connectivity index (χ4v) is 4.99. The van der Waals surface area contributed by atoms with Crippen molar-refractivity contribution in [3.8, 4) is 5.69 Å². The molecule has 6 nitrogen and oxygen atoms in total. The van der Waals surface area contributed by atoms with Gasteiger partial charge < -0.3 is 5.32 Å². The van der Waals surface area contributed by atoms with Crippen molar-refractivity contribution in [2.45, 2.75) is 30.8 Å². The number of halogens is 1. The summed E-state index contributed by atoms with van der Waals surface area (Å²) in [5, 5.41) is 4.26. The van der Waals surface area contributed by atoms with Crippen LogP contribution in [0, 0.1) is 0 Å². The molecule has 5 rings (SSSR count). The zero-order valence-corrected chi connectivity index (χ0v) is 19.3. The summed E-state index contributed by atoms with van der Waals surface area (Å²) in [4.78, 5) is 35.6. The number of rotatable bonds is 5. The highest BCUT2D eigenvalue weighted by molar-refractivity contribution is 7.99. The van der Waals surface area contributed by atoms with Crippen LogP contribution in [0.1, 0.15) is 24.1 Å². The highest BCUT2D eigenvalue weighted by Crippen LogP contribution is 2.26. The molecule has 2 heterocycles. The molecule has 1 aliphatic rings. The Balaban J connectivity index is 1.55. The van der Waals surface area contributed by atoms with Gasteiger partial charge in [0.1, 0.15) is 0 Å². The summed E-state index contributed by atoms with van der Waals surface area (Å²) in [6.45, 7) is 0. The maximum absolute atomic E-state index is 13.6. The van der Waals surface area contributed by atoms with Gasteiger partial charge in [0.2, 0.25) is 5.91 Å². The van der Waals surface area contributed by atoms with E-state index in [2.05, 4.69) is 5.32 Å². The first-order valence-electron chi connectivity index (χ1n) is 10.8. The van der Waals surface area contributed by atoms with Crippen molar-refractivity contribution in [2.75, 3.05) is 11.1 Å². The Kier molecular flexibility index (Phi) is 6.15. The molecule has 0 saturated carbocycles. The molecule has 0 atom stereocenters. The monoisotopic (exact) mass is 476 g/mol. The lowest BCUT2D eigenvalue weighted by molar-refractivity contribution is -0.113. The standard InChI is InChI=1S/C25H21ClN4O2S/c26-17-8-6-11-19(14-17)30-24(32)20-13-16-7-4-5-12-21(16)28-23(20)29-25(30)33-15-22(31)27-18-9-2-1-3-10-18/h1-3,6,8-11,13-14H,4-5,7,12,15H2,(H,27,31).